The molecule has 0 atom stereocenters. The van der Waals surface area contributed by atoms with E-state index in [-0.39, 0.29) is 5.54 Å². The maximum Gasteiger partial charge on any atom is 0.0321 e. The Morgan fingerprint density at radius 3 is 1.71 bits per heavy atom. The van der Waals surface area contributed by atoms with Gasteiger partial charge in [-0.1, -0.05) is 31.9 Å². The van der Waals surface area contributed by atoms with Crippen molar-refractivity contribution in [3.63, 3.8) is 0 Å². The number of hydrogen-bond acceptors (Lipinski definition) is 1. The maximum absolute atomic E-state index is 5.62. The number of rotatable bonds is 2. The molecule has 0 saturated heterocycles. The van der Waals surface area contributed by atoms with Gasteiger partial charge in [0.05, 0.1) is 0 Å². The van der Waals surface area contributed by atoms with Crippen LogP contribution in [0.25, 0.3) is 0 Å². The van der Waals surface area contributed by atoms with E-state index in [1.165, 1.54) is 0 Å². The van der Waals surface area contributed by atoms with Crippen LogP contribution in [0.3, 0.4) is 0 Å². The van der Waals surface area contributed by atoms with Gasteiger partial charge in [-0.2, -0.15) is 0 Å². The summed E-state index contributed by atoms with van der Waals surface area (Å²) < 4.78 is 0. The Hall–Kier alpha value is 0.920. The Bertz CT molecular complexity index is 47.7. The number of alkyl halides is 2. The SMILES string of the molecule is CC(N)(CBr)CBr. The standard InChI is InChI=1S/C4H9Br2N/c1-4(7,2-5)3-6/h2-3,7H2,1H3. The minimum Gasteiger partial charge on any atom is -0.324 e. The second-order valence-electron chi connectivity index (χ2n) is 1.92. The van der Waals surface area contributed by atoms with E-state index in [9.17, 15) is 0 Å². The third-order valence-electron chi connectivity index (χ3n) is 0.611. The highest BCUT2D eigenvalue weighted by molar-refractivity contribution is 9.09. The van der Waals surface area contributed by atoms with Gasteiger partial charge < -0.3 is 5.73 Å². The van der Waals surface area contributed by atoms with Crippen molar-refractivity contribution >= 4 is 31.9 Å². The third-order valence-corrected chi connectivity index (χ3v) is 3.17. The maximum atomic E-state index is 5.62. The van der Waals surface area contributed by atoms with Crippen LogP contribution in [0.15, 0.2) is 0 Å². The number of halogens is 2. The van der Waals surface area contributed by atoms with Crippen LogP contribution in [0.5, 0.6) is 0 Å². The van der Waals surface area contributed by atoms with Gasteiger partial charge in [-0.05, 0) is 6.92 Å². The summed E-state index contributed by atoms with van der Waals surface area (Å²) in [7, 11) is 0. The van der Waals surface area contributed by atoms with Gasteiger partial charge in [0, 0.05) is 16.2 Å². The molecule has 0 heterocycles. The van der Waals surface area contributed by atoms with Gasteiger partial charge in [0.1, 0.15) is 0 Å². The lowest BCUT2D eigenvalue weighted by Gasteiger charge is -2.16. The molecule has 44 valence electrons. The minimum atomic E-state index is -0.0833. The molecule has 0 spiro atoms. The van der Waals surface area contributed by atoms with Crippen molar-refractivity contribution in [2.45, 2.75) is 12.5 Å². The summed E-state index contributed by atoms with van der Waals surface area (Å²) >= 11 is 6.55. The Kier molecular flexibility index (Phi) is 3.45. The van der Waals surface area contributed by atoms with Gasteiger partial charge in [0.2, 0.25) is 0 Å². The van der Waals surface area contributed by atoms with Crippen LogP contribution in [0.1, 0.15) is 6.92 Å². The monoisotopic (exact) mass is 229 g/mol. The highest BCUT2D eigenvalue weighted by Crippen LogP contribution is 2.05. The Morgan fingerprint density at radius 2 is 1.71 bits per heavy atom. The summed E-state index contributed by atoms with van der Waals surface area (Å²) in [5.74, 6) is 0. The molecule has 3 heteroatoms. The minimum absolute atomic E-state index is 0.0833. The van der Waals surface area contributed by atoms with Crippen LogP contribution >= 0.6 is 31.9 Å². The highest BCUT2D eigenvalue weighted by atomic mass is 79.9. The molecule has 0 radical (unpaired) electrons. The molecule has 0 aliphatic heterocycles. The molecule has 7 heavy (non-hydrogen) atoms. The first-order valence-corrected chi connectivity index (χ1v) is 4.27. The van der Waals surface area contributed by atoms with Gasteiger partial charge in [-0.15, -0.1) is 0 Å². The van der Waals surface area contributed by atoms with Crippen LogP contribution in [-0.4, -0.2) is 16.2 Å². The van der Waals surface area contributed by atoms with Crippen molar-refractivity contribution in [3.05, 3.63) is 0 Å². The predicted octanol–water partition coefficient (Wildman–Crippen LogP) is 1.49. The Labute approximate surface area is 60.9 Å². The molecule has 0 aromatic heterocycles. The Balaban J connectivity index is 3.36. The summed E-state index contributed by atoms with van der Waals surface area (Å²) in [5, 5.41) is 1.68. The third kappa shape index (κ3) is 3.50. The molecule has 2 N–H and O–H groups in total. The average molecular weight is 231 g/mol. The smallest absolute Gasteiger partial charge is 0.0321 e. The molecule has 0 saturated carbocycles. The number of hydrogen-bond donors (Lipinski definition) is 1. The number of nitrogens with two attached hydrogens (primary N) is 1. The van der Waals surface area contributed by atoms with Crippen molar-refractivity contribution in [1.29, 1.82) is 0 Å². The summed E-state index contributed by atoms with van der Waals surface area (Å²) in [6, 6.07) is 0. The molecule has 0 fully saturated rings. The topological polar surface area (TPSA) is 26.0 Å². The zero-order valence-corrected chi connectivity index (χ0v) is 7.42. The predicted molar refractivity (Wildman–Crippen MR) is 40.2 cm³/mol. The van der Waals surface area contributed by atoms with Crippen molar-refractivity contribution in [2.24, 2.45) is 5.73 Å². The van der Waals surface area contributed by atoms with Crippen molar-refractivity contribution in [1.82, 2.24) is 0 Å². The highest BCUT2D eigenvalue weighted by Gasteiger charge is 2.12. The second-order valence-corrected chi connectivity index (χ2v) is 3.04. The molecule has 0 rings (SSSR count). The van der Waals surface area contributed by atoms with E-state index < -0.39 is 0 Å². The summed E-state index contributed by atoms with van der Waals surface area (Å²) in [5.41, 5.74) is 5.54. The van der Waals surface area contributed by atoms with Gasteiger partial charge in [-0.3, -0.25) is 0 Å². The van der Waals surface area contributed by atoms with E-state index in [0.717, 1.165) is 10.7 Å². The summed E-state index contributed by atoms with van der Waals surface area (Å²) in [4.78, 5) is 0. The second kappa shape index (κ2) is 3.05. The Morgan fingerprint density at radius 1 is 1.43 bits per heavy atom. The first kappa shape index (κ1) is 7.92. The van der Waals surface area contributed by atoms with E-state index in [1.54, 1.807) is 0 Å². The molecule has 0 aromatic rings. The zero-order chi connectivity index (χ0) is 5.91. The van der Waals surface area contributed by atoms with Gasteiger partial charge in [0.25, 0.3) is 0 Å². The van der Waals surface area contributed by atoms with Crippen LogP contribution in [0.4, 0.5) is 0 Å². The first-order valence-electron chi connectivity index (χ1n) is 2.03. The van der Waals surface area contributed by atoms with Crippen LogP contribution < -0.4 is 5.73 Å². The van der Waals surface area contributed by atoms with E-state index in [2.05, 4.69) is 31.9 Å². The lowest BCUT2D eigenvalue weighted by atomic mass is 10.1. The quantitative estimate of drug-likeness (QED) is 0.716. The van der Waals surface area contributed by atoms with Gasteiger partial charge >= 0.3 is 0 Å². The zero-order valence-electron chi connectivity index (χ0n) is 4.25. The normalized spacial score (nSPS) is 12.0. The van der Waals surface area contributed by atoms with Crippen molar-refractivity contribution < 1.29 is 0 Å². The van der Waals surface area contributed by atoms with Crippen LogP contribution in [0, 0.1) is 0 Å². The van der Waals surface area contributed by atoms with Crippen molar-refractivity contribution in [3.8, 4) is 0 Å². The largest absolute Gasteiger partial charge is 0.324 e. The van der Waals surface area contributed by atoms with E-state index in [0.29, 0.717) is 0 Å². The average Bonchev–Trinajstić information content (AvgIpc) is 1.68. The van der Waals surface area contributed by atoms with Crippen LogP contribution in [-0.2, 0) is 0 Å². The molecule has 0 unspecified atom stereocenters. The molecule has 0 aliphatic rings. The molecule has 0 amide bonds. The summed E-state index contributed by atoms with van der Waals surface area (Å²) in [6.07, 6.45) is 0. The molecular formula is C4H9Br2N. The van der Waals surface area contributed by atoms with E-state index in [4.69, 9.17) is 5.73 Å². The fraction of sp³-hybridized carbons (Fsp3) is 1.00. The lowest BCUT2D eigenvalue weighted by Crippen LogP contribution is -2.39. The van der Waals surface area contributed by atoms with E-state index in [1.807, 2.05) is 6.92 Å². The van der Waals surface area contributed by atoms with Crippen molar-refractivity contribution in [2.75, 3.05) is 10.7 Å². The van der Waals surface area contributed by atoms with Gasteiger partial charge in [0.15, 0.2) is 0 Å². The fourth-order valence-electron chi connectivity index (χ4n) is 0.0357. The lowest BCUT2D eigenvalue weighted by molar-refractivity contribution is 0.611. The van der Waals surface area contributed by atoms with E-state index >= 15 is 0 Å². The van der Waals surface area contributed by atoms with Gasteiger partial charge in [-0.25, -0.2) is 0 Å². The molecule has 0 aromatic carbocycles. The molecule has 0 aliphatic carbocycles. The first-order chi connectivity index (χ1) is 3.12. The molecule has 0 bridgehead atoms. The summed E-state index contributed by atoms with van der Waals surface area (Å²) in [6.45, 7) is 1.98. The fourth-order valence-corrected chi connectivity index (χ4v) is 0.964. The van der Waals surface area contributed by atoms with Crippen LogP contribution in [0.2, 0.25) is 0 Å². The molecule has 1 nitrogen and oxygen atoms in total. The molecular weight excluding hydrogens is 222 g/mol.